The molecule has 1 rings (SSSR count). The predicted octanol–water partition coefficient (Wildman–Crippen LogP) is 1.71. The van der Waals surface area contributed by atoms with Crippen molar-refractivity contribution in [2.24, 2.45) is 11.7 Å². The summed E-state index contributed by atoms with van der Waals surface area (Å²) in [5.41, 5.74) is 5.87. The molecule has 16 heavy (non-hydrogen) atoms. The van der Waals surface area contributed by atoms with Crippen LogP contribution in [-0.4, -0.2) is 17.9 Å². The Kier molecular flexibility index (Phi) is 3.95. The van der Waals surface area contributed by atoms with Gasteiger partial charge in [-0.2, -0.15) is 0 Å². The van der Waals surface area contributed by atoms with E-state index in [1.54, 1.807) is 26.1 Å². The first-order valence-electron chi connectivity index (χ1n) is 4.76. The van der Waals surface area contributed by atoms with Gasteiger partial charge in [-0.25, -0.2) is 4.39 Å². The molecule has 0 saturated heterocycles. The third-order valence-corrected chi connectivity index (χ3v) is 2.68. The third-order valence-electron chi connectivity index (χ3n) is 2.32. The van der Waals surface area contributed by atoms with Crippen molar-refractivity contribution in [3.05, 3.63) is 30.1 Å². The van der Waals surface area contributed by atoms with Gasteiger partial charge in [0.15, 0.2) is 0 Å². The number of hydrogen-bond acceptors (Lipinski definition) is 2. The molecule has 1 aromatic carbocycles. The topological polar surface area (TPSA) is 46.3 Å². The summed E-state index contributed by atoms with van der Waals surface area (Å²) in [7, 11) is 1.56. The lowest BCUT2D eigenvalue weighted by molar-refractivity contribution is -0.119. The Morgan fingerprint density at radius 1 is 1.56 bits per heavy atom. The molecule has 0 heterocycles. The number of nitrogens with two attached hydrogens (primary N) is 1. The maximum atomic E-state index is 13.0. The van der Waals surface area contributed by atoms with E-state index in [4.69, 9.17) is 18.0 Å². The molecule has 1 atom stereocenters. The fraction of sp³-hybridized carbons (Fsp3) is 0.273. The first-order valence-corrected chi connectivity index (χ1v) is 5.16. The highest BCUT2D eigenvalue weighted by atomic mass is 32.1. The average molecular weight is 240 g/mol. The number of amides is 1. The monoisotopic (exact) mass is 240 g/mol. The van der Waals surface area contributed by atoms with E-state index in [-0.39, 0.29) is 16.7 Å². The first kappa shape index (κ1) is 12.6. The van der Waals surface area contributed by atoms with E-state index in [9.17, 15) is 9.18 Å². The average Bonchev–Trinajstić information content (AvgIpc) is 2.26. The van der Waals surface area contributed by atoms with Gasteiger partial charge in [-0.1, -0.05) is 18.3 Å². The summed E-state index contributed by atoms with van der Waals surface area (Å²) < 4.78 is 13.0. The number of carbonyl (C=O) groups is 1. The molecular weight excluding hydrogens is 227 g/mol. The van der Waals surface area contributed by atoms with E-state index in [1.807, 2.05) is 0 Å². The minimum Gasteiger partial charge on any atom is -0.393 e. The highest BCUT2D eigenvalue weighted by Gasteiger charge is 2.20. The van der Waals surface area contributed by atoms with E-state index in [2.05, 4.69) is 0 Å². The van der Waals surface area contributed by atoms with Gasteiger partial charge < -0.3 is 10.6 Å². The minimum absolute atomic E-state index is 0.133. The highest BCUT2D eigenvalue weighted by molar-refractivity contribution is 7.80. The van der Waals surface area contributed by atoms with Crippen LogP contribution in [0, 0.1) is 11.7 Å². The Balaban J connectivity index is 2.90. The van der Waals surface area contributed by atoms with Crippen LogP contribution in [0.25, 0.3) is 0 Å². The summed E-state index contributed by atoms with van der Waals surface area (Å²) in [4.78, 5) is 13.3. The molecule has 0 bridgehead atoms. The van der Waals surface area contributed by atoms with Crippen molar-refractivity contribution in [3.8, 4) is 0 Å². The van der Waals surface area contributed by atoms with Crippen molar-refractivity contribution in [1.82, 2.24) is 0 Å². The number of thiocarbonyl (C=S) groups is 1. The number of anilines is 1. The van der Waals surface area contributed by atoms with E-state index >= 15 is 0 Å². The van der Waals surface area contributed by atoms with Crippen LogP contribution in [0.3, 0.4) is 0 Å². The second-order valence-electron chi connectivity index (χ2n) is 3.50. The smallest absolute Gasteiger partial charge is 0.236 e. The number of rotatable bonds is 3. The summed E-state index contributed by atoms with van der Waals surface area (Å²) in [5.74, 6) is -1.19. The maximum absolute atomic E-state index is 13.0. The fourth-order valence-electron chi connectivity index (χ4n) is 1.22. The van der Waals surface area contributed by atoms with Gasteiger partial charge in [-0.3, -0.25) is 4.79 Å². The number of benzene rings is 1. The molecule has 0 aromatic heterocycles. The third kappa shape index (κ3) is 2.76. The number of hydrogen-bond donors (Lipinski definition) is 1. The molecule has 0 saturated carbocycles. The van der Waals surface area contributed by atoms with E-state index in [0.29, 0.717) is 5.69 Å². The van der Waals surface area contributed by atoms with Crippen molar-refractivity contribution in [2.45, 2.75) is 6.92 Å². The Labute approximate surface area is 99.0 Å². The Bertz CT molecular complexity index is 422. The van der Waals surface area contributed by atoms with Crippen LogP contribution in [-0.2, 0) is 4.79 Å². The van der Waals surface area contributed by atoms with Crippen molar-refractivity contribution in [3.63, 3.8) is 0 Å². The molecule has 1 unspecified atom stereocenters. The lowest BCUT2D eigenvalue weighted by Crippen LogP contribution is -2.37. The standard InChI is InChI=1S/C11H13FN2OS/c1-7(10(13)16)11(15)14(2)9-5-3-4-8(12)6-9/h3-7H,1-2H3,(H2,13,16). The summed E-state index contributed by atoms with van der Waals surface area (Å²) in [6.07, 6.45) is 0. The largest absolute Gasteiger partial charge is 0.393 e. The summed E-state index contributed by atoms with van der Waals surface area (Å²) >= 11 is 4.75. The molecule has 2 N–H and O–H groups in total. The van der Waals surface area contributed by atoms with Crippen LogP contribution in [0.1, 0.15) is 6.92 Å². The molecule has 1 aromatic rings. The number of halogens is 1. The second-order valence-corrected chi connectivity index (χ2v) is 3.97. The zero-order valence-electron chi connectivity index (χ0n) is 9.11. The normalized spacial score (nSPS) is 11.9. The molecule has 0 radical (unpaired) electrons. The van der Waals surface area contributed by atoms with Crippen LogP contribution >= 0.6 is 12.2 Å². The van der Waals surface area contributed by atoms with E-state index in [0.717, 1.165) is 0 Å². The van der Waals surface area contributed by atoms with Crippen LogP contribution in [0.15, 0.2) is 24.3 Å². The predicted molar refractivity (Wildman–Crippen MR) is 65.8 cm³/mol. The van der Waals surface area contributed by atoms with Gasteiger partial charge in [0.25, 0.3) is 0 Å². The Morgan fingerprint density at radius 2 is 2.19 bits per heavy atom. The van der Waals surface area contributed by atoms with Crippen molar-refractivity contribution >= 4 is 28.8 Å². The molecule has 0 aliphatic heterocycles. The molecule has 3 nitrogen and oxygen atoms in total. The van der Waals surface area contributed by atoms with Crippen LogP contribution in [0.4, 0.5) is 10.1 Å². The molecule has 0 spiro atoms. The van der Waals surface area contributed by atoms with E-state index in [1.165, 1.54) is 17.0 Å². The molecule has 1 amide bonds. The van der Waals surface area contributed by atoms with Crippen LogP contribution in [0.5, 0.6) is 0 Å². The van der Waals surface area contributed by atoms with Gasteiger partial charge in [-0.05, 0) is 25.1 Å². The van der Waals surface area contributed by atoms with E-state index < -0.39 is 5.92 Å². The summed E-state index contributed by atoms with van der Waals surface area (Å²) in [6, 6.07) is 5.79. The van der Waals surface area contributed by atoms with Crippen molar-refractivity contribution < 1.29 is 9.18 Å². The van der Waals surface area contributed by atoms with Crippen molar-refractivity contribution in [1.29, 1.82) is 0 Å². The number of nitrogens with zero attached hydrogens (tertiary/aromatic N) is 1. The molecule has 0 aliphatic rings. The molecule has 0 aliphatic carbocycles. The lowest BCUT2D eigenvalue weighted by atomic mass is 10.1. The highest BCUT2D eigenvalue weighted by Crippen LogP contribution is 2.16. The van der Waals surface area contributed by atoms with Gasteiger partial charge in [-0.15, -0.1) is 0 Å². The summed E-state index contributed by atoms with van der Waals surface area (Å²) in [6.45, 7) is 1.63. The van der Waals surface area contributed by atoms with Gasteiger partial charge in [0, 0.05) is 12.7 Å². The van der Waals surface area contributed by atoms with Crippen LogP contribution < -0.4 is 10.6 Å². The molecule has 86 valence electrons. The summed E-state index contributed by atoms with van der Waals surface area (Å²) in [5, 5.41) is 0. The molecular formula is C11H13FN2OS. The maximum Gasteiger partial charge on any atom is 0.236 e. The first-order chi connectivity index (χ1) is 7.43. The molecule has 0 fully saturated rings. The Hall–Kier alpha value is -1.49. The molecule has 5 heteroatoms. The lowest BCUT2D eigenvalue weighted by Gasteiger charge is -2.20. The SMILES string of the molecule is CC(C(=O)N(C)c1cccc(F)c1)C(N)=S. The van der Waals surface area contributed by atoms with Gasteiger partial charge in [0.05, 0.1) is 10.9 Å². The fourth-order valence-corrected chi connectivity index (χ4v) is 1.32. The van der Waals surface area contributed by atoms with Crippen molar-refractivity contribution in [2.75, 3.05) is 11.9 Å². The minimum atomic E-state index is -0.553. The zero-order valence-corrected chi connectivity index (χ0v) is 9.92. The van der Waals surface area contributed by atoms with Gasteiger partial charge in [0.2, 0.25) is 5.91 Å². The van der Waals surface area contributed by atoms with Crippen LogP contribution in [0.2, 0.25) is 0 Å². The Morgan fingerprint density at radius 3 is 2.69 bits per heavy atom. The van der Waals surface area contributed by atoms with Gasteiger partial charge in [0.1, 0.15) is 5.82 Å². The second kappa shape index (κ2) is 5.03. The quantitative estimate of drug-likeness (QED) is 0.818. The zero-order chi connectivity index (χ0) is 12.3. The number of carbonyl (C=O) groups excluding carboxylic acids is 1. The van der Waals surface area contributed by atoms with Gasteiger partial charge >= 0.3 is 0 Å².